The fourth-order valence-corrected chi connectivity index (χ4v) is 0.897. The Kier molecular flexibility index (Phi) is 6.21. The van der Waals surface area contributed by atoms with Gasteiger partial charge in [0, 0.05) is 13.5 Å². The van der Waals surface area contributed by atoms with Crippen molar-refractivity contribution in [2.75, 3.05) is 7.11 Å². The molecule has 0 radical (unpaired) electrons. The molecule has 0 rings (SSSR count). The summed E-state index contributed by atoms with van der Waals surface area (Å²) >= 11 is 0. The molecule has 0 saturated heterocycles. The van der Waals surface area contributed by atoms with Crippen LogP contribution in [0.4, 0.5) is 0 Å². The van der Waals surface area contributed by atoms with Gasteiger partial charge in [-0.25, -0.2) is 0 Å². The number of methoxy groups -OCH3 is 1. The van der Waals surface area contributed by atoms with E-state index >= 15 is 0 Å². The standard InChI is InChI=1S/C8H15NO/c1-3-8(10-2)6-4-5-7-9/h8H,3-6H2,1-2H3. The number of nitriles is 1. The molecule has 1 atom stereocenters. The molecule has 0 heterocycles. The maximum Gasteiger partial charge on any atom is 0.0621 e. The molecule has 10 heavy (non-hydrogen) atoms. The second-order valence-electron chi connectivity index (χ2n) is 2.32. The average Bonchev–Trinajstić information content (AvgIpc) is 1.99. The summed E-state index contributed by atoms with van der Waals surface area (Å²) in [5.41, 5.74) is 0. The normalized spacial score (nSPS) is 12.5. The fourth-order valence-electron chi connectivity index (χ4n) is 0.897. The first-order chi connectivity index (χ1) is 4.85. The zero-order valence-corrected chi connectivity index (χ0v) is 6.76. The van der Waals surface area contributed by atoms with Crippen molar-refractivity contribution in [1.82, 2.24) is 0 Å². The van der Waals surface area contributed by atoms with Crippen LogP contribution in [0, 0.1) is 11.3 Å². The predicted octanol–water partition coefficient (Wildman–Crippen LogP) is 2.11. The van der Waals surface area contributed by atoms with Gasteiger partial charge < -0.3 is 4.74 Å². The topological polar surface area (TPSA) is 33.0 Å². The molecule has 1 unspecified atom stereocenters. The van der Waals surface area contributed by atoms with Gasteiger partial charge >= 0.3 is 0 Å². The van der Waals surface area contributed by atoms with E-state index in [0.717, 1.165) is 19.3 Å². The van der Waals surface area contributed by atoms with Gasteiger partial charge in [0.15, 0.2) is 0 Å². The summed E-state index contributed by atoms with van der Waals surface area (Å²) in [6, 6.07) is 2.12. The van der Waals surface area contributed by atoms with E-state index in [1.807, 2.05) is 0 Å². The summed E-state index contributed by atoms with van der Waals surface area (Å²) in [6.45, 7) is 2.10. The second-order valence-corrected chi connectivity index (χ2v) is 2.32. The molecule has 0 N–H and O–H groups in total. The van der Waals surface area contributed by atoms with Crippen molar-refractivity contribution in [3.8, 4) is 6.07 Å². The number of hydrogen-bond acceptors (Lipinski definition) is 2. The minimum Gasteiger partial charge on any atom is -0.381 e. The molecule has 0 aliphatic heterocycles. The lowest BCUT2D eigenvalue weighted by molar-refractivity contribution is 0.0907. The Bertz CT molecular complexity index is 102. The number of unbranched alkanes of at least 4 members (excludes halogenated alkanes) is 1. The number of ether oxygens (including phenoxy) is 1. The van der Waals surface area contributed by atoms with Crippen LogP contribution in [0.3, 0.4) is 0 Å². The molecule has 0 spiro atoms. The van der Waals surface area contributed by atoms with Crippen LogP contribution in [0.15, 0.2) is 0 Å². The van der Waals surface area contributed by atoms with Crippen molar-refractivity contribution < 1.29 is 4.74 Å². The fraction of sp³-hybridized carbons (Fsp3) is 0.875. The lowest BCUT2D eigenvalue weighted by atomic mass is 10.1. The predicted molar refractivity (Wildman–Crippen MR) is 40.6 cm³/mol. The maximum atomic E-state index is 8.23. The van der Waals surface area contributed by atoms with Crippen LogP contribution in [0.1, 0.15) is 32.6 Å². The van der Waals surface area contributed by atoms with E-state index < -0.39 is 0 Å². The van der Waals surface area contributed by atoms with Crippen molar-refractivity contribution in [3.63, 3.8) is 0 Å². The first-order valence-corrected chi connectivity index (χ1v) is 3.74. The van der Waals surface area contributed by atoms with Gasteiger partial charge in [-0.3, -0.25) is 0 Å². The summed E-state index contributed by atoms with van der Waals surface area (Å²) < 4.78 is 5.14. The quantitative estimate of drug-likeness (QED) is 0.549. The Hall–Kier alpha value is -0.550. The van der Waals surface area contributed by atoms with E-state index in [-0.39, 0.29) is 0 Å². The van der Waals surface area contributed by atoms with Crippen LogP contribution in [0.25, 0.3) is 0 Å². The third-order valence-electron chi connectivity index (χ3n) is 1.60. The van der Waals surface area contributed by atoms with E-state index in [1.54, 1.807) is 7.11 Å². The summed E-state index contributed by atoms with van der Waals surface area (Å²) in [6.07, 6.45) is 4.03. The van der Waals surface area contributed by atoms with Gasteiger partial charge in [-0.2, -0.15) is 5.26 Å². The van der Waals surface area contributed by atoms with E-state index in [1.165, 1.54) is 0 Å². The van der Waals surface area contributed by atoms with Crippen molar-refractivity contribution in [2.24, 2.45) is 0 Å². The van der Waals surface area contributed by atoms with E-state index in [0.29, 0.717) is 12.5 Å². The third-order valence-corrected chi connectivity index (χ3v) is 1.60. The molecule has 0 amide bonds. The maximum absolute atomic E-state index is 8.23. The minimum absolute atomic E-state index is 0.355. The molecule has 0 bridgehead atoms. The van der Waals surface area contributed by atoms with Gasteiger partial charge in [-0.15, -0.1) is 0 Å². The molecule has 2 nitrogen and oxygen atoms in total. The summed E-state index contributed by atoms with van der Waals surface area (Å²) in [5, 5.41) is 8.23. The summed E-state index contributed by atoms with van der Waals surface area (Å²) in [4.78, 5) is 0. The van der Waals surface area contributed by atoms with Crippen molar-refractivity contribution in [2.45, 2.75) is 38.7 Å². The van der Waals surface area contributed by atoms with Crippen LogP contribution in [-0.2, 0) is 4.74 Å². The zero-order chi connectivity index (χ0) is 7.82. The van der Waals surface area contributed by atoms with Crippen LogP contribution < -0.4 is 0 Å². The summed E-state index contributed by atoms with van der Waals surface area (Å²) in [7, 11) is 1.72. The Labute approximate surface area is 62.8 Å². The third kappa shape index (κ3) is 4.34. The lowest BCUT2D eigenvalue weighted by Gasteiger charge is -2.10. The monoisotopic (exact) mass is 141 g/mol. The van der Waals surface area contributed by atoms with Crippen molar-refractivity contribution in [3.05, 3.63) is 0 Å². The van der Waals surface area contributed by atoms with Gasteiger partial charge in [0.1, 0.15) is 0 Å². The summed E-state index contributed by atoms with van der Waals surface area (Å²) in [5.74, 6) is 0. The highest BCUT2D eigenvalue weighted by molar-refractivity contribution is 4.69. The minimum atomic E-state index is 0.355. The van der Waals surface area contributed by atoms with E-state index in [4.69, 9.17) is 10.00 Å². The molecular formula is C8H15NO. The molecule has 2 heteroatoms. The lowest BCUT2D eigenvalue weighted by Crippen LogP contribution is -2.07. The van der Waals surface area contributed by atoms with Crippen LogP contribution in [0.2, 0.25) is 0 Å². The molecule has 0 aromatic carbocycles. The Balaban J connectivity index is 3.19. The van der Waals surface area contributed by atoms with Gasteiger partial charge in [0.2, 0.25) is 0 Å². The van der Waals surface area contributed by atoms with E-state index in [9.17, 15) is 0 Å². The molecule has 58 valence electrons. The molecule has 0 fully saturated rings. The van der Waals surface area contributed by atoms with Gasteiger partial charge in [0.05, 0.1) is 12.2 Å². The average molecular weight is 141 g/mol. The molecule has 0 aromatic heterocycles. The van der Waals surface area contributed by atoms with Gasteiger partial charge in [-0.05, 0) is 19.3 Å². The van der Waals surface area contributed by atoms with Crippen LogP contribution in [-0.4, -0.2) is 13.2 Å². The SMILES string of the molecule is CCC(CCCC#N)OC. The van der Waals surface area contributed by atoms with Crippen molar-refractivity contribution >= 4 is 0 Å². The second kappa shape index (κ2) is 6.57. The molecule has 0 aromatic rings. The Morgan fingerprint density at radius 2 is 2.30 bits per heavy atom. The van der Waals surface area contributed by atoms with Crippen LogP contribution >= 0.6 is 0 Å². The smallest absolute Gasteiger partial charge is 0.0621 e. The van der Waals surface area contributed by atoms with Crippen molar-refractivity contribution in [1.29, 1.82) is 5.26 Å². The first kappa shape index (κ1) is 9.45. The number of hydrogen-bond donors (Lipinski definition) is 0. The molecule has 0 aliphatic carbocycles. The molecular weight excluding hydrogens is 126 g/mol. The van der Waals surface area contributed by atoms with Gasteiger partial charge in [-0.1, -0.05) is 6.92 Å². The van der Waals surface area contributed by atoms with Crippen LogP contribution in [0.5, 0.6) is 0 Å². The zero-order valence-electron chi connectivity index (χ0n) is 6.76. The number of rotatable bonds is 5. The largest absolute Gasteiger partial charge is 0.381 e. The van der Waals surface area contributed by atoms with Gasteiger partial charge in [0.25, 0.3) is 0 Å². The highest BCUT2D eigenvalue weighted by Gasteiger charge is 2.01. The molecule has 0 aliphatic rings. The highest BCUT2D eigenvalue weighted by Crippen LogP contribution is 2.06. The first-order valence-electron chi connectivity index (χ1n) is 3.74. The van der Waals surface area contributed by atoms with E-state index in [2.05, 4.69) is 13.0 Å². The highest BCUT2D eigenvalue weighted by atomic mass is 16.5. The number of nitrogens with zero attached hydrogens (tertiary/aromatic N) is 1. The Morgan fingerprint density at radius 1 is 1.60 bits per heavy atom. The Morgan fingerprint density at radius 3 is 2.70 bits per heavy atom. The molecule has 0 saturated carbocycles.